The fourth-order valence-corrected chi connectivity index (χ4v) is 1.88. The first-order chi connectivity index (χ1) is 8.61. The molecule has 3 N–H and O–H groups in total. The van der Waals surface area contributed by atoms with Crippen LogP contribution in [0.4, 0.5) is 0 Å². The van der Waals surface area contributed by atoms with Crippen LogP contribution >= 0.6 is 11.6 Å². The molecule has 0 aromatic heterocycles. The highest BCUT2D eigenvalue weighted by Crippen LogP contribution is 2.22. The molecule has 94 valence electrons. The molecule has 0 radical (unpaired) electrons. The minimum atomic E-state index is -0.899. The minimum absolute atomic E-state index is 0.331. The molecule has 1 aliphatic rings. The number of aliphatic imine (C=N–C) groups is 1. The number of benzene rings is 1. The van der Waals surface area contributed by atoms with Crippen LogP contribution in [0, 0.1) is 0 Å². The van der Waals surface area contributed by atoms with E-state index in [0.717, 1.165) is 0 Å². The van der Waals surface area contributed by atoms with Gasteiger partial charge in [-0.05, 0) is 24.2 Å². The largest absolute Gasteiger partial charge is 0.330 e. The molecule has 2 rings (SSSR count). The molecule has 0 bridgehead atoms. The second kappa shape index (κ2) is 5.29. The van der Waals surface area contributed by atoms with Crippen LogP contribution in [-0.2, 0) is 9.59 Å². The quantitative estimate of drug-likeness (QED) is 0.794. The SMILES string of the molecule is NCCC1=NC(=O)C(c2ccc(Cl)cc2)C(=O)N1. The Morgan fingerprint density at radius 3 is 2.50 bits per heavy atom. The van der Waals surface area contributed by atoms with Crippen LogP contribution in [0.25, 0.3) is 0 Å². The summed E-state index contributed by atoms with van der Waals surface area (Å²) in [6.07, 6.45) is 0.380. The number of amides is 2. The highest BCUT2D eigenvalue weighted by atomic mass is 35.5. The second-order valence-electron chi connectivity index (χ2n) is 3.91. The van der Waals surface area contributed by atoms with Crippen LogP contribution in [-0.4, -0.2) is 24.2 Å². The maximum atomic E-state index is 11.9. The van der Waals surface area contributed by atoms with Gasteiger partial charge in [-0.15, -0.1) is 0 Å². The van der Waals surface area contributed by atoms with E-state index in [9.17, 15) is 9.59 Å². The third kappa shape index (κ3) is 2.57. The van der Waals surface area contributed by atoms with Gasteiger partial charge in [0, 0.05) is 11.4 Å². The molecule has 0 saturated heterocycles. The predicted octanol–water partition coefficient (Wildman–Crippen LogP) is 0.827. The van der Waals surface area contributed by atoms with Crippen molar-refractivity contribution in [2.45, 2.75) is 12.3 Å². The zero-order valence-corrected chi connectivity index (χ0v) is 10.3. The average molecular weight is 266 g/mol. The molecule has 2 amide bonds. The van der Waals surface area contributed by atoms with E-state index >= 15 is 0 Å². The van der Waals surface area contributed by atoms with Gasteiger partial charge < -0.3 is 11.1 Å². The molecule has 1 heterocycles. The number of rotatable bonds is 3. The third-order valence-electron chi connectivity index (χ3n) is 2.61. The van der Waals surface area contributed by atoms with Crippen molar-refractivity contribution in [3.8, 4) is 0 Å². The number of nitrogens with two attached hydrogens (primary N) is 1. The van der Waals surface area contributed by atoms with E-state index in [-0.39, 0.29) is 5.91 Å². The lowest BCUT2D eigenvalue weighted by atomic mass is 9.96. The predicted molar refractivity (Wildman–Crippen MR) is 68.4 cm³/mol. The van der Waals surface area contributed by atoms with E-state index in [2.05, 4.69) is 10.3 Å². The molecule has 0 saturated carbocycles. The standard InChI is InChI=1S/C12H12ClN3O2/c13-8-3-1-7(2-4-8)10-11(17)15-9(5-6-14)16-12(10)18/h1-4,10H,5-6,14H2,(H,15,16,17,18). The van der Waals surface area contributed by atoms with Crippen LogP contribution < -0.4 is 11.1 Å². The molecule has 18 heavy (non-hydrogen) atoms. The van der Waals surface area contributed by atoms with Gasteiger partial charge >= 0.3 is 0 Å². The van der Waals surface area contributed by atoms with Gasteiger partial charge in [0.15, 0.2) is 0 Å². The maximum Gasteiger partial charge on any atom is 0.264 e. The Morgan fingerprint density at radius 2 is 1.94 bits per heavy atom. The molecule has 0 fully saturated rings. The number of nitrogens with zero attached hydrogens (tertiary/aromatic N) is 1. The molecule has 6 heteroatoms. The van der Waals surface area contributed by atoms with Crippen molar-refractivity contribution < 1.29 is 9.59 Å². The van der Waals surface area contributed by atoms with Crippen LogP contribution in [0.2, 0.25) is 5.02 Å². The monoisotopic (exact) mass is 265 g/mol. The van der Waals surface area contributed by atoms with Crippen molar-refractivity contribution >= 4 is 29.3 Å². The summed E-state index contributed by atoms with van der Waals surface area (Å²) in [5.41, 5.74) is 5.94. The van der Waals surface area contributed by atoms with Crippen LogP contribution in [0.3, 0.4) is 0 Å². The fourth-order valence-electron chi connectivity index (χ4n) is 1.76. The van der Waals surface area contributed by atoms with Gasteiger partial charge in [0.05, 0.1) is 0 Å². The van der Waals surface area contributed by atoms with Crippen molar-refractivity contribution in [2.24, 2.45) is 10.7 Å². The number of halogens is 1. The summed E-state index contributed by atoms with van der Waals surface area (Å²) < 4.78 is 0. The molecule has 0 spiro atoms. The molecule has 1 aromatic carbocycles. The van der Waals surface area contributed by atoms with Crippen LogP contribution in [0.5, 0.6) is 0 Å². The summed E-state index contributed by atoms with van der Waals surface area (Å²) in [7, 11) is 0. The Morgan fingerprint density at radius 1 is 1.28 bits per heavy atom. The van der Waals surface area contributed by atoms with E-state index in [4.69, 9.17) is 17.3 Å². The van der Waals surface area contributed by atoms with E-state index < -0.39 is 11.8 Å². The highest BCUT2D eigenvalue weighted by molar-refractivity contribution is 6.30. The molecule has 1 aliphatic heterocycles. The summed E-state index contributed by atoms with van der Waals surface area (Å²) in [4.78, 5) is 27.6. The summed E-state index contributed by atoms with van der Waals surface area (Å²) in [5.74, 6) is -1.41. The summed E-state index contributed by atoms with van der Waals surface area (Å²) in [6, 6.07) is 6.56. The Balaban J connectivity index is 2.27. The molecule has 0 aliphatic carbocycles. The van der Waals surface area contributed by atoms with Crippen molar-refractivity contribution in [3.63, 3.8) is 0 Å². The molecule has 5 nitrogen and oxygen atoms in total. The van der Waals surface area contributed by atoms with Crippen molar-refractivity contribution in [1.82, 2.24) is 5.32 Å². The first kappa shape index (κ1) is 12.7. The lowest BCUT2D eigenvalue weighted by molar-refractivity contribution is -0.129. The number of hydrogen-bond donors (Lipinski definition) is 2. The highest BCUT2D eigenvalue weighted by Gasteiger charge is 2.32. The van der Waals surface area contributed by atoms with Gasteiger partial charge in [0.2, 0.25) is 5.91 Å². The third-order valence-corrected chi connectivity index (χ3v) is 2.86. The summed E-state index contributed by atoms with van der Waals surface area (Å²) >= 11 is 5.76. The normalized spacial score (nSPS) is 19.4. The van der Waals surface area contributed by atoms with Gasteiger partial charge in [-0.25, -0.2) is 0 Å². The zero-order chi connectivity index (χ0) is 13.1. The van der Waals surface area contributed by atoms with Crippen molar-refractivity contribution in [3.05, 3.63) is 34.9 Å². The first-order valence-corrected chi connectivity index (χ1v) is 5.87. The molecule has 1 unspecified atom stereocenters. The zero-order valence-electron chi connectivity index (χ0n) is 9.52. The fraction of sp³-hybridized carbons (Fsp3) is 0.250. The van der Waals surface area contributed by atoms with E-state index in [0.29, 0.717) is 29.4 Å². The number of hydrogen-bond acceptors (Lipinski definition) is 3. The summed E-state index contributed by atoms with van der Waals surface area (Å²) in [5, 5.41) is 3.14. The van der Waals surface area contributed by atoms with Gasteiger partial charge in [-0.1, -0.05) is 23.7 Å². The lowest BCUT2D eigenvalue weighted by Gasteiger charge is -2.20. The second-order valence-corrected chi connectivity index (χ2v) is 4.35. The maximum absolute atomic E-state index is 11.9. The number of carbonyl (C=O) groups excluding carboxylic acids is 2. The van der Waals surface area contributed by atoms with E-state index in [1.165, 1.54) is 0 Å². The molecule has 1 aromatic rings. The van der Waals surface area contributed by atoms with E-state index in [1.807, 2.05) is 0 Å². The smallest absolute Gasteiger partial charge is 0.264 e. The van der Waals surface area contributed by atoms with E-state index in [1.54, 1.807) is 24.3 Å². The average Bonchev–Trinajstić information content (AvgIpc) is 2.31. The molecular weight excluding hydrogens is 254 g/mol. The van der Waals surface area contributed by atoms with Gasteiger partial charge in [0.1, 0.15) is 11.8 Å². The Labute approximate surface area is 109 Å². The first-order valence-electron chi connectivity index (χ1n) is 5.49. The van der Waals surface area contributed by atoms with Gasteiger partial charge in [-0.2, -0.15) is 4.99 Å². The van der Waals surface area contributed by atoms with Gasteiger partial charge in [0.25, 0.3) is 5.91 Å². The lowest BCUT2D eigenvalue weighted by Crippen LogP contribution is -2.43. The minimum Gasteiger partial charge on any atom is -0.330 e. The van der Waals surface area contributed by atoms with Crippen LogP contribution in [0.1, 0.15) is 17.9 Å². The van der Waals surface area contributed by atoms with Crippen molar-refractivity contribution in [1.29, 1.82) is 0 Å². The molecule has 1 atom stereocenters. The summed E-state index contributed by atoms with van der Waals surface area (Å²) in [6.45, 7) is 0.331. The number of amidine groups is 1. The van der Waals surface area contributed by atoms with Gasteiger partial charge in [-0.3, -0.25) is 9.59 Å². The van der Waals surface area contributed by atoms with Crippen LogP contribution in [0.15, 0.2) is 29.3 Å². The Hall–Kier alpha value is -1.72. The topological polar surface area (TPSA) is 84.5 Å². The van der Waals surface area contributed by atoms with Crippen molar-refractivity contribution in [2.75, 3.05) is 6.54 Å². The molecular formula is C12H12ClN3O2. The number of carbonyl (C=O) groups is 2. The number of nitrogens with one attached hydrogen (secondary N) is 1. The Kier molecular flexibility index (Phi) is 3.74. The Bertz CT molecular complexity index is 511.